The second kappa shape index (κ2) is 5.13. The lowest BCUT2D eigenvalue weighted by atomic mass is 9.45. The Morgan fingerprint density at radius 3 is 2.70 bits per heavy atom. The molecule has 4 heteroatoms. The first-order valence-corrected chi connectivity index (χ1v) is 9.23. The van der Waals surface area contributed by atoms with Crippen LogP contribution in [-0.2, 0) is 9.59 Å². The van der Waals surface area contributed by atoms with Gasteiger partial charge < -0.3 is 10.2 Å². The van der Waals surface area contributed by atoms with Crippen molar-refractivity contribution in [3.8, 4) is 0 Å². The Morgan fingerprint density at radius 1 is 1.17 bits per heavy atom. The van der Waals surface area contributed by atoms with Crippen molar-refractivity contribution in [2.24, 2.45) is 34.5 Å². The summed E-state index contributed by atoms with van der Waals surface area (Å²) in [4.78, 5) is 24.8. The molecule has 4 fully saturated rings. The van der Waals surface area contributed by atoms with Crippen molar-refractivity contribution in [3.05, 3.63) is 0 Å². The van der Waals surface area contributed by atoms with Crippen molar-refractivity contribution in [2.45, 2.75) is 64.4 Å². The highest BCUT2D eigenvalue weighted by Crippen LogP contribution is 2.65. The summed E-state index contributed by atoms with van der Waals surface area (Å²) in [7, 11) is 0. The fraction of sp³-hybridized carbons (Fsp3) is 0.895. The maximum atomic E-state index is 13.0. The van der Waals surface area contributed by atoms with E-state index in [9.17, 15) is 19.8 Å². The van der Waals surface area contributed by atoms with E-state index in [1.54, 1.807) is 0 Å². The van der Waals surface area contributed by atoms with Gasteiger partial charge in [0.2, 0.25) is 0 Å². The minimum Gasteiger partial charge on any atom is -0.396 e. The molecule has 0 radical (unpaired) electrons. The first kappa shape index (κ1) is 15.8. The zero-order chi connectivity index (χ0) is 16.4. The van der Waals surface area contributed by atoms with Crippen LogP contribution in [-0.4, -0.2) is 34.5 Å². The zero-order valence-corrected chi connectivity index (χ0v) is 14.0. The van der Waals surface area contributed by atoms with Crippen LogP contribution < -0.4 is 0 Å². The number of hydrogen-bond donors (Lipinski definition) is 2. The van der Waals surface area contributed by atoms with Crippen LogP contribution in [0.5, 0.6) is 0 Å². The van der Waals surface area contributed by atoms with Crippen molar-refractivity contribution in [1.29, 1.82) is 0 Å². The maximum absolute atomic E-state index is 13.0. The Kier molecular flexibility index (Phi) is 3.51. The van der Waals surface area contributed by atoms with Gasteiger partial charge in [0.05, 0.1) is 6.10 Å². The smallest absolute Gasteiger partial charge is 0.136 e. The molecule has 0 heterocycles. The van der Waals surface area contributed by atoms with E-state index in [0.717, 1.165) is 19.3 Å². The molecule has 7 atom stereocenters. The zero-order valence-electron chi connectivity index (χ0n) is 14.0. The van der Waals surface area contributed by atoms with Gasteiger partial charge in [-0.2, -0.15) is 0 Å². The van der Waals surface area contributed by atoms with E-state index in [2.05, 4.69) is 6.92 Å². The molecule has 4 nitrogen and oxygen atoms in total. The molecule has 0 saturated heterocycles. The van der Waals surface area contributed by atoms with Crippen LogP contribution in [0.25, 0.3) is 0 Å². The Balaban J connectivity index is 1.70. The summed E-state index contributed by atoms with van der Waals surface area (Å²) in [5.41, 5.74) is -0.161. The van der Waals surface area contributed by atoms with Crippen LogP contribution in [0.4, 0.5) is 0 Å². The van der Waals surface area contributed by atoms with Gasteiger partial charge in [0.15, 0.2) is 0 Å². The van der Waals surface area contributed by atoms with E-state index < -0.39 is 0 Å². The fourth-order valence-corrected chi connectivity index (χ4v) is 6.81. The third-order valence-electron chi connectivity index (χ3n) is 8.11. The average molecular weight is 320 g/mol. The molecule has 0 aromatic rings. The van der Waals surface area contributed by atoms with Crippen molar-refractivity contribution in [3.63, 3.8) is 0 Å². The molecule has 0 unspecified atom stereocenters. The first-order valence-electron chi connectivity index (χ1n) is 9.23. The van der Waals surface area contributed by atoms with Crippen LogP contribution in [0.2, 0.25) is 0 Å². The normalized spacial score (nSPS) is 52.7. The lowest BCUT2D eigenvalue weighted by Gasteiger charge is -2.58. The number of fused-ring (bicyclic) bond motifs is 5. The van der Waals surface area contributed by atoms with Gasteiger partial charge in [-0.25, -0.2) is 0 Å². The first-order chi connectivity index (χ1) is 10.9. The number of ketones is 2. The minimum atomic E-state index is -0.378. The van der Waals surface area contributed by atoms with Gasteiger partial charge in [-0.3, -0.25) is 9.59 Å². The topological polar surface area (TPSA) is 74.6 Å². The summed E-state index contributed by atoms with van der Waals surface area (Å²) in [5.74, 6) is 1.27. The Labute approximate surface area is 137 Å². The van der Waals surface area contributed by atoms with Crippen molar-refractivity contribution in [1.82, 2.24) is 0 Å². The second-order valence-electron chi connectivity index (χ2n) is 9.01. The molecule has 2 N–H and O–H groups in total. The van der Waals surface area contributed by atoms with Crippen LogP contribution >= 0.6 is 0 Å². The fourth-order valence-electron chi connectivity index (χ4n) is 6.81. The molecule has 0 aromatic carbocycles. The number of aliphatic hydroxyl groups excluding tert-OH is 2. The van der Waals surface area contributed by atoms with E-state index >= 15 is 0 Å². The molecular formula is C19H28O4. The highest BCUT2D eigenvalue weighted by atomic mass is 16.3. The van der Waals surface area contributed by atoms with Crippen molar-refractivity contribution >= 4 is 11.6 Å². The summed E-state index contributed by atoms with van der Waals surface area (Å²) in [6, 6.07) is 0. The van der Waals surface area contributed by atoms with Crippen molar-refractivity contribution < 1.29 is 19.8 Å². The summed E-state index contributed by atoms with van der Waals surface area (Å²) >= 11 is 0. The number of hydrogen-bond acceptors (Lipinski definition) is 4. The molecule has 0 aromatic heterocycles. The quantitative estimate of drug-likeness (QED) is 0.776. The third-order valence-corrected chi connectivity index (χ3v) is 8.11. The monoisotopic (exact) mass is 320 g/mol. The Bertz CT molecular complexity index is 543. The molecule has 4 saturated carbocycles. The highest BCUT2D eigenvalue weighted by molar-refractivity contribution is 5.86. The summed E-state index contributed by atoms with van der Waals surface area (Å²) in [6.07, 6.45) is 5.46. The van der Waals surface area contributed by atoms with Gasteiger partial charge in [0.1, 0.15) is 11.6 Å². The van der Waals surface area contributed by atoms with Crippen molar-refractivity contribution in [2.75, 3.05) is 6.61 Å². The maximum Gasteiger partial charge on any atom is 0.136 e. The van der Waals surface area contributed by atoms with Gasteiger partial charge >= 0.3 is 0 Å². The molecule has 0 bridgehead atoms. The number of carbonyl (C=O) groups excluding carboxylic acids is 2. The average Bonchev–Trinajstić information content (AvgIpc) is 2.86. The lowest BCUT2D eigenvalue weighted by Crippen LogP contribution is -2.57. The minimum absolute atomic E-state index is 0.0116. The number of Topliss-reactive ketones (excluding diaryl/α,β-unsaturated/α-hetero) is 2. The molecule has 128 valence electrons. The predicted molar refractivity (Wildman–Crippen MR) is 84.5 cm³/mol. The third kappa shape index (κ3) is 2.10. The SMILES string of the molecule is C[C@]12CCC(=O)C[C@@H]1CC(=O)[C@H]1[C@@H]3C[C@@H](O)C[C@@]3(CO)CC[C@@H]12. The number of aliphatic hydroxyl groups is 2. The van der Waals surface area contributed by atoms with E-state index in [1.165, 1.54) is 0 Å². The molecule has 0 spiro atoms. The molecule has 0 amide bonds. The molecule has 4 rings (SSSR count). The largest absolute Gasteiger partial charge is 0.396 e. The molecule has 4 aliphatic rings. The number of rotatable bonds is 1. The van der Waals surface area contributed by atoms with Gasteiger partial charge in [-0.15, -0.1) is 0 Å². The summed E-state index contributed by atoms with van der Waals surface area (Å²) in [5, 5.41) is 20.2. The van der Waals surface area contributed by atoms with E-state index in [1.807, 2.05) is 0 Å². The Morgan fingerprint density at radius 2 is 1.96 bits per heavy atom. The number of carbonyl (C=O) groups is 2. The molecule has 23 heavy (non-hydrogen) atoms. The van der Waals surface area contributed by atoms with Crippen LogP contribution in [0.1, 0.15) is 58.3 Å². The second-order valence-corrected chi connectivity index (χ2v) is 9.01. The van der Waals surface area contributed by atoms with Crippen LogP contribution in [0, 0.1) is 34.5 Å². The molecule has 0 aliphatic heterocycles. The predicted octanol–water partition coefficient (Wildman–Crippen LogP) is 2.11. The van der Waals surface area contributed by atoms with Gasteiger partial charge in [-0.1, -0.05) is 6.92 Å². The summed E-state index contributed by atoms with van der Waals surface area (Å²) < 4.78 is 0. The van der Waals surface area contributed by atoms with Gasteiger partial charge in [-0.05, 0) is 60.7 Å². The summed E-state index contributed by atoms with van der Waals surface area (Å²) in [6.45, 7) is 2.38. The van der Waals surface area contributed by atoms with Gasteiger partial charge in [0, 0.05) is 31.8 Å². The van der Waals surface area contributed by atoms with Crippen LogP contribution in [0.15, 0.2) is 0 Å². The van der Waals surface area contributed by atoms with E-state index in [4.69, 9.17) is 0 Å². The highest BCUT2D eigenvalue weighted by Gasteiger charge is 2.62. The van der Waals surface area contributed by atoms with E-state index in [0.29, 0.717) is 49.6 Å². The van der Waals surface area contributed by atoms with Crippen LogP contribution in [0.3, 0.4) is 0 Å². The molecule has 4 aliphatic carbocycles. The molecular weight excluding hydrogens is 292 g/mol. The van der Waals surface area contributed by atoms with Gasteiger partial charge in [0.25, 0.3) is 0 Å². The standard InChI is InChI=1S/C19H28O4/c1-18-4-2-12(21)6-11(18)7-16(23)17-14(18)3-5-19(10-20)9-13(22)8-15(17)19/h11,13-15,17,20,22H,2-10H2,1H3/t11-,13-,14+,15+,17-,18+,19-/m1/s1. The lowest BCUT2D eigenvalue weighted by molar-refractivity contribution is -0.159. The van der Waals surface area contributed by atoms with E-state index in [-0.39, 0.29) is 41.3 Å². The Hall–Kier alpha value is -0.740.